The van der Waals surface area contributed by atoms with Crippen LogP contribution in [0.25, 0.3) is 0 Å². The second-order valence-corrected chi connectivity index (χ2v) is 2.27. The Balaban J connectivity index is 2.70. The molecule has 0 rings (SSSR count). The van der Waals surface area contributed by atoms with E-state index in [1.807, 2.05) is 0 Å². The minimum Gasteiger partial charge on any atom is -0.382 e. The predicted molar refractivity (Wildman–Crippen MR) is 47.4 cm³/mol. The SMILES string of the molecule is CCCOCCCNC=S. The van der Waals surface area contributed by atoms with E-state index in [1.165, 1.54) is 0 Å². The van der Waals surface area contributed by atoms with Crippen molar-refractivity contribution in [2.45, 2.75) is 19.8 Å². The fourth-order valence-electron chi connectivity index (χ4n) is 0.582. The van der Waals surface area contributed by atoms with Gasteiger partial charge >= 0.3 is 0 Å². The summed E-state index contributed by atoms with van der Waals surface area (Å²) in [6.07, 6.45) is 2.13. The maximum atomic E-state index is 5.24. The molecule has 60 valence electrons. The van der Waals surface area contributed by atoms with Gasteiger partial charge in [-0.15, -0.1) is 0 Å². The molecule has 2 nitrogen and oxygen atoms in total. The summed E-state index contributed by atoms with van der Waals surface area (Å²) in [6.45, 7) is 4.74. The molecule has 0 saturated carbocycles. The van der Waals surface area contributed by atoms with E-state index in [4.69, 9.17) is 4.74 Å². The van der Waals surface area contributed by atoms with E-state index in [9.17, 15) is 0 Å². The van der Waals surface area contributed by atoms with E-state index in [0.717, 1.165) is 32.6 Å². The molecule has 0 unspecified atom stereocenters. The summed E-state index contributed by atoms with van der Waals surface area (Å²) in [7, 11) is 0. The third-order valence-corrected chi connectivity index (χ3v) is 1.21. The molecule has 0 aromatic rings. The van der Waals surface area contributed by atoms with Crippen molar-refractivity contribution in [3.8, 4) is 0 Å². The molecule has 0 heterocycles. The molecule has 0 aromatic carbocycles. The first-order valence-corrected chi connectivity index (χ1v) is 4.13. The van der Waals surface area contributed by atoms with Crippen LogP contribution in [0.3, 0.4) is 0 Å². The van der Waals surface area contributed by atoms with Gasteiger partial charge in [-0.25, -0.2) is 0 Å². The van der Waals surface area contributed by atoms with Gasteiger partial charge in [0.25, 0.3) is 0 Å². The van der Waals surface area contributed by atoms with Gasteiger partial charge in [-0.3, -0.25) is 0 Å². The van der Waals surface area contributed by atoms with Gasteiger partial charge in [-0.1, -0.05) is 19.1 Å². The van der Waals surface area contributed by atoms with E-state index in [2.05, 4.69) is 24.5 Å². The second-order valence-electron chi connectivity index (χ2n) is 2.04. The highest BCUT2D eigenvalue weighted by Gasteiger charge is 1.84. The molecule has 0 aliphatic heterocycles. The van der Waals surface area contributed by atoms with E-state index in [0.29, 0.717) is 0 Å². The average Bonchev–Trinajstić information content (AvgIpc) is 1.97. The Kier molecular flexibility index (Phi) is 8.72. The van der Waals surface area contributed by atoms with Crippen LogP contribution in [-0.4, -0.2) is 25.2 Å². The minimum absolute atomic E-state index is 0.837. The summed E-state index contributed by atoms with van der Waals surface area (Å²) in [5.41, 5.74) is 1.54. The van der Waals surface area contributed by atoms with Crippen molar-refractivity contribution in [2.24, 2.45) is 0 Å². The van der Waals surface area contributed by atoms with Crippen LogP contribution in [0.4, 0.5) is 0 Å². The molecule has 3 heteroatoms. The molecule has 0 spiro atoms. The summed E-state index contributed by atoms with van der Waals surface area (Å²) in [6, 6.07) is 0. The number of rotatable bonds is 7. The Morgan fingerprint density at radius 2 is 2.30 bits per heavy atom. The predicted octanol–water partition coefficient (Wildman–Crippen LogP) is 1.35. The van der Waals surface area contributed by atoms with Crippen LogP contribution < -0.4 is 5.32 Å². The molecule has 0 bridgehead atoms. The number of ether oxygens (including phenoxy) is 1. The van der Waals surface area contributed by atoms with Crippen LogP contribution >= 0.6 is 12.2 Å². The summed E-state index contributed by atoms with van der Waals surface area (Å²) in [5.74, 6) is 0. The van der Waals surface area contributed by atoms with Crippen molar-refractivity contribution in [3.63, 3.8) is 0 Å². The highest BCUT2D eigenvalue weighted by Crippen LogP contribution is 1.82. The zero-order chi connectivity index (χ0) is 7.66. The smallest absolute Gasteiger partial charge is 0.0614 e. The van der Waals surface area contributed by atoms with Crippen LogP contribution in [0.15, 0.2) is 0 Å². The molecule has 0 fully saturated rings. The topological polar surface area (TPSA) is 21.3 Å². The van der Waals surface area contributed by atoms with Crippen molar-refractivity contribution >= 4 is 17.7 Å². The van der Waals surface area contributed by atoms with Gasteiger partial charge in [-0.2, -0.15) is 0 Å². The third-order valence-electron chi connectivity index (χ3n) is 1.04. The number of hydrogen-bond acceptors (Lipinski definition) is 2. The Morgan fingerprint density at radius 3 is 2.90 bits per heavy atom. The molecule has 0 atom stereocenters. The zero-order valence-corrected chi connectivity index (χ0v) is 7.25. The fraction of sp³-hybridized carbons (Fsp3) is 0.857. The summed E-state index contributed by atoms with van der Waals surface area (Å²) in [5, 5.41) is 2.93. The molecular formula is C7H15NOS. The highest BCUT2D eigenvalue weighted by atomic mass is 32.1. The molecule has 0 aliphatic rings. The lowest BCUT2D eigenvalue weighted by atomic mass is 10.4. The summed E-state index contributed by atoms with van der Waals surface area (Å²) >= 11 is 4.58. The van der Waals surface area contributed by atoms with Gasteiger partial charge in [0, 0.05) is 19.8 Å². The lowest BCUT2D eigenvalue weighted by Crippen LogP contribution is -2.13. The largest absolute Gasteiger partial charge is 0.382 e. The summed E-state index contributed by atoms with van der Waals surface area (Å²) < 4.78 is 5.24. The second kappa shape index (κ2) is 8.85. The molecular weight excluding hydrogens is 146 g/mol. The standard InChI is InChI=1S/C7H15NOS/c1-2-5-9-6-3-4-8-7-10/h7H,2-6H2,1H3,(H,8,10). The lowest BCUT2D eigenvalue weighted by molar-refractivity contribution is 0.133. The molecule has 0 aliphatic carbocycles. The maximum Gasteiger partial charge on any atom is 0.0614 e. The van der Waals surface area contributed by atoms with Crippen molar-refractivity contribution in [1.29, 1.82) is 0 Å². The van der Waals surface area contributed by atoms with Gasteiger partial charge in [0.2, 0.25) is 0 Å². The van der Waals surface area contributed by atoms with Gasteiger partial charge < -0.3 is 10.1 Å². The van der Waals surface area contributed by atoms with Gasteiger partial charge in [-0.05, 0) is 12.8 Å². The van der Waals surface area contributed by atoms with E-state index < -0.39 is 0 Å². The normalized spacial score (nSPS) is 9.30. The third kappa shape index (κ3) is 7.85. The van der Waals surface area contributed by atoms with Gasteiger partial charge in [0.15, 0.2) is 0 Å². The van der Waals surface area contributed by atoms with E-state index in [1.54, 1.807) is 5.49 Å². The Hall–Kier alpha value is -0.150. The molecule has 0 amide bonds. The van der Waals surface area contributed by atoms with Crippen molar-refractivity contribution < 1.29 is 4.74 Å². The van der Waals surface area contributed by atoms with Crippen LogP contribution in [0, 0.1) is 0 Å². The first-order valence-electron chi connectivity index (χ1n) is 3.66. The van der Waals surface area contributed by atoms with Crippen molar-refractivity contribution in [3.05, 3.63) is 0 Å². The first-order chi connectivity index (χ1) is 4.91. The first kappa shape index (κ1) is 9.85. The van der Waals surface area contributed by atoms with Crippen molar-refractivity contribution in [1.82, 2.24) is 5.32 Å². The molecule has 10 heavy (non-hydrogen) atoms. The monoisotopic (exact) mass is 161 g/mol. The van der Waals surface area contributed by atoms with Crippen LogP contribution in [0.2, 0.25) is 0 Å². The molecule has 0 radical (unpaired) electrons. The molecule has 1 N–H and O–H groups in total. The van der Waals surface area contributed by atoms with E-state index >= 15 is 0 Å². The van der Waals surface area contributed by atoms with Crippen molar-refractivity contribution in [2.75, 3.05) is 19.8 Å². The minimum atomic E-state index is 0.837. The van der Waals surface area contributed by atoms with Gasteiger partial charge in [0.05, 0.1) is 5.49 Å². The number of nitrogens with one attached hydrogen (secondary N) is 1. The Morgan fingerprint density at radius 1 is 1.50 bits per heavy atom. The molecule has 0 saturated heterocycles. The number of hydrogen-bond donors (Lipinski definition) is 1. The quantitative estimate of drug-likeness (QED) is 0.450. The highest BCUT2D eigenvalue weighted by molar-refractivity contribution is 7.78. The lowest BCUT2D eigenvalue weighted by Gasteiger charge is -2.00. The average molecular weight is 161 g/mol. The van der Waals surface area contributed by atoms with Crippen LogP contribution in [0.1, 0.15) is 19.8 Å². The van der Waals surface area contributed by atoms with Crippen LogP contribution in [0.5, 0.6) is 0 Å². The fourth-order valence-corrected chi connectivity index (χ4v) is 0.699. The molecule has 0 aromatic heterocycles. The summed E-state index contributed by atoms with van der Waals surface area (Å²) in [4.78, 5) is 0. The Labute approximate surface area is 68.0 Å². The number of thiocarbonyl (C=S) groups is 1. The van der Waals surface area contributed by atoms with E-state index in [-0.39, 0.29) is 0 Å². The van der Waals surface area contributed by atoms with Gasteiger partial charge in [0.1, 0.15) is 0 Å². The Bertz CT molecular complexity index is 78.0. The van der Waals surface area contributed by atoms with Crippen LogP contribution in [-0.2, 0) is 4.74 Å². The zero-order valence-electron chi connectivity index (χ0n) is 6.43. The maximum absolute atomic E-state index is 5.24.